The molecule has 2 aromatic heterocycles. The quantitative estimate of drug-likeness (QED) is 0.881. The van der Waals surface area contributed by atoms with E-state index < -0.39 is 0 Å². The molecule has 0 aliphatic rings. The van der Waals surface area contributed by atoms with E-state index in [0.717, 1.165) is 29.5 Å². The Hall–Kier alpha value is -1.81. The standard InChI is InChI=1S/C14H18N2O2/c1-4-15-14(12-8-7-10(2)18-12)13-11(17-3)6-5-9-16-13/h5-9,14-15H,4H2,1-3H3. The van der Waals surface area contributed by atoms with Gasteiger partial charge in [0.1, 0.15) is 29.0 Å². The summed E-state index contributed by atoms with van der Waals surface area (Å²) in [6, 6.07) is 7.60. The predicted octanol–water partition coefficient (Wildman–Crippen LogP) is 2.69. The molecule has 18 heavy (non-hydrogen) atoms. The zero-order valence-corrected chi connectivity index (χ0v) is 10.9. The van der Waals surface area contributed by atoms with Crippen LogP contribution in [0.3, 0.4) is 0 Å². The molecular formula is C14H18N2O2. The van der Waals surface area contributed by atoms with Crippen molar-refractivity contribution in [3.8, 4) is 5.75 Å². The minimum atomic E-state index is -0.0835. The third kappa shape index (κ3) is 2.54. The average molecular weight is 246 g/mol. The first-order chi connectivity index (χ1) is 8.76. The highest BCUT2D eigenvalue weighted by molar-refractivity contribution is 5.34. The van der Waals surface area contributed by atoms with Gasteiger partial charge in [0, 0.05) is 6.20 Å². The average Bonchev–Trinajstić information content (AvgIpc) is 2.82. The number of rotatable bonds is 5. The Morgan fingerprint density at radius 1 is 1.39 bits per heavy atom. The lowest BCUT2D eigenvalue weighted by Gasteiger charge is -2.17. The van der Waals surface area contributed by atoms with E-state index in [-0.39, 0.29) is 6.04 Å². The second-order valence-electron chi connectivity index (χ2n) is 4.03. The van der Waals surface area contributed by atoms with Crippen LogP contribution in [0.25, 0.3) is 0 Å². The van der Waals surface area contributed by atoms with Gasteiger partial charge in [0.25, 0.3) is 0 Å². The lowest BCUT2D eigenvalue weighted by atomic mass is 10.1. The van der Waals surface area contributed by atoms with Gasteiger partial charge in [0.05, 0.1) is 7.11 Å². The van der Waals surface area contributed by atoms with E-state index in [1.165, 1.54) is 0 Å². The Labute approximate surface area is 107 Å². The van der Waals surface area contributed by atoms with Crippen molar-refractivity contribution in [2.75, 3.05) is 13.7 Å². The molecule has 0 fully saturated rings. The highest BCUT2D eigenvalue weighted by Crippen LogP contribution is 2.28. The van der Waals surface area contributed by atoms with E-state index in [0.29, 0.717) is 0 Å². The first kappa shape index (κ1) is 12.6. The van der Waals surface area contributed by atoms with E-state index in [9.17, 15) is 0 Å². The SMILES string of the molecule is CCNC(c1ccc(C)o1)c1ncccc1OC. The Balaban J connectivity index is 2.41. The molecule has 1 N–H and O–H groups in total. The summed E-state index contributed by atoms with van der Waals surface area (Å²) in [6.45, 7) is 4.81. The van der Waals surface area contributed by atoms with Crippen LogP contribution < -0.4 is 10.1 Å². The lowest BCUT2D eigenvalue weighted by Crippen LogP contribution is -2.23. The van der Waals surface area contributed by atoms with Gasteiger partial charge in [0.2, 0.25) is 0 Å². The molecule has 0 aromatic carbocycles. The summed E-state index contributed by atoms with van der Waals surface area (Å²) in [7, 11) is 1.65. The minimum Gasteiger partial charge on any atom is -0.495 e. The third-order valence-electron chi connectivity index (χ3n) is 2.75. The maximum Gasteiger partial charge on any atom is 0.142 e. The molecule has 0 aliphatic carbocycles. The fourth-order valence-corrected chi connectivity index (χ4v) is 1.94. The van der Waals surface area contributed by atoms with Crippen molar-refractivity contribution in [1.29, 1.82) is 0 Å². The molecule has 4 heteroatoms. The van der Waals surface area contributed by atoms with Crippen LogP contribution in [0.15, 0.2) is 34.9 Å². The van der Waals surface area contributed by atoms with Gasteiger partial charge in [-0.25, -0.2) is 0 Å². The molecular weight excluding hydrogens is 228 g/mol. The van der Waals surface area contributed by atoms with Gasteiger partial charge in [-0.1, -0.05) is 6.92 Å². The molecule has 1 atom stereocenters. The summed E-state index contributed by atoms with van der Waals surface area (Å²) < 4.78 is 11.1. The third-order valence-corrected chi connectivity index (χ3v) is 2.75. The van der Waals surface area contributed by atoms with Crippen molar-refractivity contribution in [2.24, 2.45) is 0 Å². The zero-order chi connectivity index (χ0) is 13.0. The van der Waals surface area contributed by atoms with Gasteiger partial charge >= 0.3 is 0 Å². The number of hydrogen-bond donors (Lipinski definition) is 1. The van der Waals surface area contributed by atoms with Crippen molar-refractivity contribution in [1.82, 2.24) is 10.3 Å². The fourth-order valence-electron chi connectivity index (χ4n) is 1.94. The van der Waals surface area contributed by atoms with Crippen LogP contribution in [0.4, 0.5) is 0 Å². The summed E-state index contributed by atoms with van der Waals surface area (Å²) in [5, 5.41) is 3.37. The Morgan fingerprint density at radius 2 is 2.22 bits per heavy atom. The summed E-state index contributed by atoms with van der Waals surface area (Å²) in [5.41, 5.74) is 0.844. The van der Waals surface area contributed by atoms with Crippen LogP contribution in [0.5, 0.6) is 5.75 Å². The van der Waals surface area contributed by atoms with E-state index in [1.54, 1.807) is 13.3 Å². The predicted molar refractivity (Wildman–Crippen MR) is 69.8 cm³/mol. The molecule has 2 heterocycles. The molecule has 0 saturated heterocycles. The molecule has 0 bridgehead atoms. The minimum absolute atomic E-state index is 0.0835. The fraction of sp³-hybridized carbons (Fsp3) is 0.357. The van der Waals surface area contributed by atoms with Gasteiger partial charge < -0.3 is 14.5 Å². The molecule has 1 unspecified atom stereocenters. The largest absolute Gasteiger partial charge is 0.495 e. The van der Waals surface area contributed by atoms with E-state index in [4.69, 9.17) is 9.15 Å². The number of aryl methyl sites for hydroxylation is 1. The highest BCUT2D eigenvalue weighted by Gasteiger charge is 2.21. The number of aromatic nitrogens is 1. The van der Waals surface area contributed by atoms with Crippen LogP contribution in [0, 0.1) is 6.92 Å². The summed E-state index contributed by atoms with van der Waals surface area (Å²) in [6.07, 6.45) is 1.76. The van der Waals surface area contributed by atoms with Crippen molar-refractivity contribution < 1.29 is 9.15 Å². The molecule has 4 nitrogen and oxygen atoms in total. The molecule has 0 spiro atoms. The second-order valence-corrected chi connectivity index (χ2v) is 4.03. The molecule has 2 aromatic rings. The Kier molecular flexibility index (Phi) is 3.99. The maximum atomic E-state index is 5.69. The van der Waals surface area contributed by atoms with Crippen LogP contribution in [-0.4, -0.2) is 18.6 Å². The van der Waals surface area contributed by atoms with E-state index >= 15 is 0 Å². The summed E-state index contributed by atoms with van der Waals surface area (Å²) in [5.74, 6) is 2.51. The molecule has 96 valence electrons. The van der Waals surface area contributed by atoms with Crippen molar-refractivity contribution in [3.63, 3.8) is 0 Å². The van der Waals surface area contributed by atoms with Gasteiger partial charge in [-0.05, 0) is 37.7 Å². The number of pyridine rings is 1. The molecule has 2 rings (SSSR count). The maximum absolute atomic E-state index is 5.69. The van der Waals surface area contributed by atoms with Gasteiger partial charge in [-0.3, -0.25) is 4.98 Å². The summed E-state index contributed by atoms with van der Waals surface area (Å²) in [4.78, 5) is 4.41. The zero-order valence-electron chi connectivity index (χ0n) is 10.9. The van der Waals surface area contributed by atoms with E-state index in [2.05, 4.69) is 17.2 Å². The first-order valence-corrected chi connectivity index (χ1v) is 6.05. The topological polar surface area (TPSA) is 47.3 Å². The number of nitrogens with zero attached hydrogens (tertiary/aromatic N) is 1. The van der Waals surface area contributed by atoms with Crippen molar-refractivity contribution in [3.05, 3.63) is 47.7 Å². The number of methoxy groups -OCH3 is 1. The van der Waals surface area contributed by atoms with Gasteiger partial charge in [-0.15, -0.1) is 0 Å². The van der Waals surface area contributed by atoms with Gasteiger partial charge in [-0.2, -0.15) is 0 Å². The Morgan fingerprint density at radius 3 is 2.83 bits per heavy atom. The monoisotopic (exact) mass is 246 g/mol. The number of furan rings is 1. The molecule has 0 amide bonds. The summed E-state index contributed by atoms with van der Waals surface area (Å²) >= 11 is 0. The first-order valence-electron chi connectivity index (χ1n) is 6.05. The van der Waals surface area contributed by atoms with E-state index in [1.807, 2.05) is 31.2 Å². The van der Waals surface area contributed by atoms with Crippen LogP contribution >= 0.6 is 0 Å². The number of nitrogens with one attached hydrogen (secondary N) is 1. The second kappa shape index (κ2) is 5.69. The van der Waals surface area contributed by atoms with Crippen LogP contribution in [0.2, 0.25) is 0 Å². The van der Waals surface area contributed by atoms with Crippen molar-refractivity contribution >= 4 is 0 Å². The molecule has 0 aliphatic heterocycles. The van der Waals surface area contributed by atoms with Crippen LogP contribution in [-0.2, 0) is 0 Å². The van der Waals surface area contributed by atoms with Gasteiger partial charge in [0.15, 0.2) is 0 Å². The molecule has 0 radical (unpaired) electrons. The normalized spacial score (nSPS) is 12.4. The Bertz CT molecular complexity index is 508. The highest BCUT2D eigenvalue weighted by atomic mass is 16.5. The lowest BCUT2D eigenvalue weighted by molar-refractivity contribution is 0.385. The smallest absolute Gasteiger partial charge is 0.142 e. The van der Waals surface area contributed by atoms with Crippen molar-refractivity contribution in [2.45, 2.75) is 19.9 Å². The number of hydrogen-bond acceptors (Lipinski definition) is 4. The van der Waals surface area contributed by atoms with Crippen LogP contribution in [0.1, 0.15) is 30.2 Å². The number of ether oxygens (including phenoxy) is 1. The molecule has 0 saturated carbocycles.